The summed E-state index contributed by atoms with van der Waals surface area (Å²) < 4.78 is 1.89. The summed E-state index contributed by atoms with van der Waals surface area (Å²) in [5.41, 5.74) is 4.26. The minimum Gasteiger partial charge on any atom is -0.344 e. The number of nitrogens with one attached hydrogen (secondary N) is 1. The standard InChI is InChI=1S/C26H25N3O/c1-3-22(19-13-7-4-8-14-19)27-26(30)24-23(20-15-9-5-10-16-20)28-25(29(24)2)21-17-11-6-12-18-21/h4-18,22H,3H2,1-2H3,(H,27,30)/t22-/m0/s1. The van der Waals surface area contributed by atoms with Crippen molar-refractivity contribution in [3.63, 3.8) is 0 Å². The molecule has 0 bridgehead atoms. The largest absolute Gasteiger partial charge is 0.344 e. The number of imidazole rings is 1. The van der Waals surface area contributed by atoms with Gasteiger partial charge in [-0.05, 0) is 12.0 Å². The second kappa shape index (κ2) is 8.78. The molecule has 150 valence electrons. The van der Waals surface area contributed by atoms with Gasteiger partial charge in [0.2, 0.25) is 0 Å². The molecule has 0 aliphatic heterocycles. The zero-order chi connectivity index (χ0) is 20.9. The minimum atomic E-state index is -0.123. The molecule has 0 spiro atoms. The third kappa shape index (κ3) is 3.90. The molecule has 30 heavy (non-hydrogen) atoms. The molecular formula is C26H25N3O. The van der Waals surface area contributed by atoms with E-state index in [1.54, 1.807) is 0 Å². The maximum absolute atomic E-state index is 13.5. The van der Waals surface area contributed by atoms with Gasteiger partial charge in [0.15, 0.2) is 0 Å². The molecule has 3 aromatic carbocycles. The predicted octanol–water partition coefficient (Wildman–Crippen LogP) is 5.64. The number of hydrogen-bond acceptors (Lipinski definition) is 2. The SMILES string of the molecule is CC[C@H](NC(=O)c1c(-c2ccccc2)nc(-c2ccccc2)n1C)c1ccccc1. The number of carbonyl (C=O) groups is 1. The zero-order valence-electron chi connectivity index (χ0n) is 17.2. The lowest BCUT2D eigenvalue weighted by atomic mass is 10.0. The number of aromatic nitrogens is 2. The van der Waals surface area contributed by atoms with Gasteiger partial charge >= 0.3 is 0 Å². The predicted molar refractivity (Wildman–Crippen MR) is 121 cm³/mol. The molecule has 4 nitrogen and oxygen atoms in total. The summed E-state index contributed by atoms with van der Waals surface area (Å²) in [5.74, 6) is 0.647. The first-order chi connectivity index (χ1) is 14.7. The quantitative estimate of drug-likeness (QED) is 0.459. The van der Waals surface area contributed by atoms with E-state index in [0.717, 1.165) is 28.9 Å². The van der Waals surface area contributed by atoms with Gasteiger partial charge in [0.1, 0.15) is 17.2 Å². The van der Waals surface area contributed by atoms with Crippen LogP contribution in [0, 0.1) is 0 Å². The van der Waals surface area contributed by atoms with Crippen molar-refractivity contribution in [3.8, 4) is 22.6 Å². The third-order valence-electron chi connectivity index (χ3n) is 5.30. The van der Waals surface area contributed by atoms with Crippen molar-refractivity contribution in [2.75, 3.05) is 0 Å². The van der Waals surface area contributed by atoms with Crippen LogP contribution in [0.5, 0.6) is 0 Å². The Hall–Kier alpha value is -3.66. The molecule has 1 atom stereocenters. The molecule has 4 aromatic rings. The molecule has 4 heteroatoms. The molecule has 0 aliphatic carbocycles. The molecule has 1 aromatic heterocycles. The third-order valence-corrected chi connectivity index (χ3v) is 5.30. The molecule has 1 N–H and O–H groups in total. The van der Waals surface area contributed by atoms with Gasteiger partial charge in [-0.3, -0.25) is 4.79 Å². The first kappa shape index (κ1) is 19.6. The topological polar surface area (TPSA) is 46.9 Å². The van der Waals surface area contributed by atoms with Crippen molar-refractivity contribution < 1.29 is 4.79 Å². The minimum absolute atomic E-state index is 0.0580. The highest BCUT2D eigenvalue weighted by Crippen LogP contribution is 2.29. The van der Waals surface area contributed by atoms with Crippen molar-refractivity contribution in [2.24, 2.45) is 7.05 Å². The van der Waals surface area contributed by atoms with Crippen molar-refractivity contribution in [3.05, 3.63) is 102 Å². The van der Waals surface area contributed by atoms with Crippen LogP contribution in [0.25, 0.3) is 22.6 Å². The first-order valence-corrected chi connectivity index (χ1v) is 10.2. The van der Waals surface area contributed by atoms with Crippen molar-refractivity contribution in [1.82, 2.24) is 14.9 Å². The van der Waals surface area contributed by atoms with Gasteiger partial charge in [0, 0.05) is 18.2 Å². The van der Waals surface area contributed by atoms with Gasteiger partial charge in [-0.25, -0.2) is 4.98 Å². The molecule has 0 aliphatic rings. The maximum Gasteiger partial charge on any atom is 0.270 e. The Balaban J connectivity index is 1.77. The Kier molecular flexibility index (Phi) is 5.75. The van der Waals surface area contributed by atoms with E-state index < -0.39 is 0 Å². The zero-order valence-corrected chi connectivity index (χ0v) is 17.2. The van der Waals surface area contributed by atoms with Crippen LogP contribution in [0.4, 0.5) is 0 Å². The second-order valence-electron chi connectivity index (χ2n) is 7.27. The fourth-order valence-electron chi connectivity index (χ4n) is 3.73. The normalized spacial score (nSPS) is 11.8. The van der Waals surface area contributed by atoms with E-state index in [1.165, 1.54) is 0 Å². The Morgan fingerprint density at radius 1 is 0.867 bits per heavy atom. The lowest BCUT2D eigenvalue weighted by Crippen LogP contribution is -2.30. The summed E-state index contributed by atoms with van der Waals surface area (Å²) in [7, 11) is 1.90. The van der Waals surface area contributed by atoms with E-state index >= 15 is 0 Å². The van der Waals surface area contributed by atoms with E-state index in [0.29, 0.717) is 11.4 Å². The summed E-state index contributed by atoms with van der Waals surface area (Å²) in [6.45, 7) is 2.08. The number of amides is 1. The molecule has 1 amide bonds. The molecule has 1 heterocycles. The van der Waals surface area contributed by atoms with Gasteiger partial charge in [-0.15, -0.1) is 0 Å². The van der Waals surface area contributed by atoms with Gasteiger partial charge in [-0.1, -0.05) is 97.9 Å². The van der Waals surface area contributed by atoms with E-state index in [-0.39, 0.29) is 11.9 Å². The average Bonchev–Trinajstić information content (AvgIpc) is 3.16. The van der Waals surface area contributed by atoms with Crippen molar-refractivity contribution in [1.29, 1.82) is 0 Å². The Bertz CT molecular complexity index is 1120. The van der Waals surface area contributed by atoms with Crippen LogP contribution < -0.4 is 5.32 Å². The van der Waals surface area contributed by atoms with Crippen LogP contribution >= 0.6 is 0 Å². The maximum atomic E-state index is 13.5. The van der Waals surface area contributed by atoms with Crippen LogP contribution in [0.15, 0.2) is 91.0 Å². The summed E-state index contributed by atoms with van der Waals surface area (Å²) in [5, 5.41) is 3.22. The van der Waals surface area contributed by atoms with Crippen LogP contribution in [-0.4, -0.2) is 15.5 Å². The first-order valence-electron chi connectivity index (χ1n) is 10.2. The highest BCUT2D eigenvalue weighted by molar-refractivity contribution is 5.99. The number of hydrogen-bond donors (Lipinski definition) is 1. The fraction of sp³-hybridized carbons (Fsp3) is 0.154. The molecule has 0 fully saturated rings. The summed E-state index contributed by atoms with van der Waals surface area (Å²) >= 11 is 0. The molecule has 0 saturated carbocycles. The molecule has 0 saturated heterocycles. The van der Waals surface area contributed by atoms with E-state index in [1.807, 2.05) is 103 Å². The van der Waals surface area contributed by atoms with Crippen LogP contribution in [0.2, 0.25) is 0 Å². The van der Waals surface area contributed by atoms with E-state index in [4.69, 9.17) is 4.98 Å². The lowest BCUT2D eigenvalue weighted by molar-refractivity contribution is 0.0928. The summed E-state index contributed by atoms with van der Waals surface area (Å²) in [6.07, 6.45) is 0.805. The van der Waals surface area contributed by atoms with Crippen LogP contribution in [0.3, 0.4) is 0 Å². The smallest absolute Gasteiger partial charge is 0.270 e. The van der Waals surface area contributed by atoms with Crippen molar-refractivity contribution in [2.45, 2.75) is 19.4 Å². The van der Waals surface area contributed by atoms with Gasteiger partial charge in [0.05, 0.1) is 6.04 Å². The number of benzene rings is 3. The average molecular weight is 396 g/mol. The highest BCUT2D eigenvalue weighted by atomic mass is 16.2. The second-order valence-corrected chi connectivity index (χ2v) is 7.27. The Labute approximate surface area is 177 Å². The van der Waals surface area contributed by atoms with Crippen LogP contribution in [0.1, 0.15) is 35.4 Å². The molecular weight excluding hydrogens is 370 g/mol. The fourth-order valence-corrected chi connectivity index (χ4v) is 3.73. The van der Waals surface area contributed by atoms with Gasteiger partial charge in [-0.2, -0.15) is 0 Å². The monoisotopic (exact) mass is 395 g/mol. The van der Waals surface area contributed by atoms with Gasteiger partial charge < -0.3 is 9.88 Å². The van der Waals surface area contributed by atoms with Gasteiger partial charge in [0.25, 0.3) is 5.91 Å². The molecule has 4 rings (SSSR count). The lowest BCUT2D eigenvalue weighted by Gasteiger charge is -2.18. The molecule has 0 unspecified atom stereocenters. The Morgan fingerprint density at radius 3 is 1.97 bits per heavy atom. The number of nitrogens with zero attached hydrogens (tertiary/aromatic N) is 2. The van der Waals surface area contributed by atoms with E-state index in [2.05, 4.69) is 12.2 Å². The van der Waals surface area contributed by atoms with Crippen LogP contribution in [-0.2, 0) is 7.05 Å². The Morgan fingerprint density at radius 2 is 1.40 bits per heavy atom. The highest BCUT2D eigenvalue weighted by Gasteiger charge is 2.24. The summed E-state index contributed by atoms with van der Waals surface area (Å²) in [4.78, 5) is 18.4. The number of rotatable bonds is 6. The molecule has 0 radical (unpaired) electrons. The van der Waals surface area contributed by atoms with E-state index in [9.17, 15) is 4.79 Å². The number of carbonyl (C=O) groups excluding carboxylic acids is 1. The summed E-state index contributed by atoms with van der Waals surface area (Å²) in [6, 6.07) is 29.8. The van der Waals surface area contributed by atoms with Crippen molar-refractivity contribution >= 4 is 5.91 Å².